The van der Waals surface area contributed by atoms with Gasteiger partial charge in [-0.25, -0.2) is 0 Å². The van der Waals surface area contributed by atoms with E-state index >= 15 is 0 Å². The van der Waals surface area contributed by atoms with Gasteiger partial charge in [-0.3, -0.25) is 4.79 Å². The molecule has 0 saturated heterocycles. The Morgan fingerprint density at radius 1 is 1.56 bits per heavy atom. The zero-order chi connectivity index (χ0) is 7.02. The quantitative estimate of drug-likeness (QED) is 0.531. The summed E-state index contributed by atoms with van der Waals surface area (Å²) in [6, 6.07) is 0. The van der Waals surface area contributed by atoms with Gasteiger partial charge in [0.1, 0.15) is 0 Å². The molecule has 1 aliphatic rings. The lowest BCUT2D eigenvalue weighted by Gasteiger charge is -2.03. The molecular weight excluding hydrogens is 116 g/mol. The van der Waals surface area contributed by atoms with E-state index in [1.807, 2.05) is 13.8 Å². The highest BCUT2D eigenvalue weighted by Crippen LogP contribution is 2.24. The SMILES string of the molecule is CC1C=C(O)C(=O)C1C. The van der Waals surface area contributed by atoms with Gasteiger partial charge in [0.05, 0.1) is 0 Å². The fourth-order valence-corrected chi connectivity index (χ4v) is 0.948. The molecule has 0 amide bonds. The van der Waals surface area contributed by atoms with E-state index in [9.17, 15) is 4.79 Å². The van der Waals surface area contributed by atoms with Crippen molar-refractivity contribution < 1.29 is 9.90 Å². The summed E-state index contributed by atoms with van der Waals surface area (Å²) in [5.74, 6) is 0.000000000000000222. The van der Waals surface area contributed by atoms with E-state index in [1.165, 1.54) is 0 Å². The summed E-state index contributed by atoms with van der Waals surface area (Å²) in [5.41, 5.74) is 0. The maximum Gasteiger partial charge on any atom is 0.200 e. The zero-order valence-electron chi connectivity index (χ0n) is 5.59. The third-order valence-corrected chi connectivity index (χ3v) is 1.88. The van der Waals surface area contributed by atoms with Crippen LogP contribution in [0, 0.1) is 11.8 Å². The molecule has 2 heteroatoms. The maximum atomic E-state index is 10.8. The molecule has 2 nitrogen and oxygen atoms in total. The molecule has 0 aliphatic heterocycles. The fraction of sp³-hybridized carbons (Fsp3) is 0.571. The standard InChI is InChI=1S/C7H10O2/c1-4-3-6(8)7(9)5(4)2/h3-5,8H,1-2H3. The van der Waals surface area contributed by atoms with Gasteiger partial charge in [-0.2, -0.15) is 0 Å². The number of aliphatic hydroxyl groups is 1. The lowest BCUT2D eigenvalue weighted by molar-refractivity contribution is -0.120. The van der Waals surface area contributed by atoms with Crippen molar-refractivity contribution in [1.82, 2.24) is 0 Å². The predicted molar refractivity (Wildman–Crippen MR) is 34.0 cm³/mol. The molecule has 0 fully saturated rings. The number of carbonyl (C=O) groups is 1. The number of carbonyl (C=O) groups excluding carboxylic acids is 1. The summed E-state index contributed by atoms with van der Waals surface area (Å²) in [6.07, 6.45) is 1.60. The molecule has 0 saturated carbocycles. The fourth-order valence-electron chi connectivity index (χ4n) is 0.948. The molecule has 1 aliphatic carbocycles. The van der Waals surface area contributed by atoms with Gasteiger partial charge >= 0.3 is 0 Å². The summed E-state index contributed by atoms with van der Waals surface area (Å²) in [6.45, 7) is 3.75. The molecule has 1 rings (SSSR count). The molecule has 2 unspecified atom stereocenters. The zero-order valence-corrected chi connectivity index (χ0v) is 5.59. The largest absolute Gasteiger partial charge is 0.505 e. The van der Waals surface area contributed by atoms with Crippen LogP contribution >= 0.6 is 0 Å². The van der Waals surface area contributed by atoms with Crippen LogP contribution < -0.4 is 0 Å². The highest BCUT2D eigenvalue weighted by Gasteiger charge is 2.28. The van der Waals surface area contributed by atoms with Gasteiger partial charge in [-0.15, -0.1) is 0 Å². The van der Waals surface area contributed by atoms with Crippen LogP contribution in [0.3, 0.4) is 0 Å². The Kier molecular flexibility index (Phi) is 1.31. The van der Waals surface area contributed by atoms with Crippen molar-refractivity contribution in [2.24, 2.45) is 11.8 Å². The van der Waals surface area contributed by atoms with Crippen molar-refractivity contribution in [2.75, 3.05) is 0 Å². The molecule has 0 radical (unpaired) electrons. The molecule has 1 N–H and O–H groups in total. The maximum absolute atomic E-state index is 10.8. The number of Topliss-reactive ketones (excluding diaryl/α,β-unsaturated/α-hetero) is 1. The minimum Gasteiger partial charge on any atom is -0.505 e. The molecule has 0 spiro atoms. The van der Waals surface area contributed by atoms with Gasteiger partial charge in [0.2, 0.25) is 0 Å². The van der Waals surface area contributed by atoms with Crippen molar-refractivity contribution in [3.8, 4) is 0 Å². The molecule has 0 aromatic rings. The Hall–Kier alpha value is -0.790. The Morgan fingerprint density at radius 2 is 2.11 bits per heavy atom. The van der Waals surface area contributed by atoms with Gasteiger partial charge in [-0.1, -0.05) is 13.8 Å². The van der Waals surface area contributed by atoms with Gasteiger partial charge < -0.3 is 5.11 Å². The number of hydrogen-bond acceptors (Lipinski definition) is 2. The third kappa shape index (κ3) is 0.846. The van der Waals surface area contributed by atoms with Crippen LogP contribution in [0.5, 0.6) is 0 Å². The van der Waals surface area contributed by atoms with Gasteiger partial charge in [0, 0.05) is 5.92 Å². The first kappa shape index (κ1) is 6.33. The minimum absolute atomic E-state index is 0.0231. The van der Waals surface area contributed by atoms with Crippen LogP contribution in [0.2, 0.25) is 0 Å². The van der Waals surface area contributed by atoms with Crippen LogP contribution in [0.1, 0.15) is 13.8 Å². The second-order valence-electron chi connectivity index (χ2n) is 2.56. The highest BCUT2D eigenvalue weighted by molar-refractivity contribution is 5.97. The number of hydrogen-bond donors (Lipinski definition) is 1. The molecule has 9 heavy (non-hydrogen) atoms. The normalized spacial score (nSPS) is 34.9. The third-order valence-electron chi connectivity index (χ3n) is 1.88. The van der Waals surface area contributed by atoms with E-state index in [1.54, 1.807) is 6.08 Å². The number of rotatable bonds is 0. The second kappa shape index (κ2) is 1.87. The van der Waals surface area contributed by atoms with Crippen LogP contribution in [0.4, 0.5) is 0 Å². The Morgan fingerprint density at radius 3 is 2.22 bits per heavy atom. The van der Waals surface area contributed by atoms with Gasteiger partial charge in [-0.05, 0) is 12.0 Å². The van der Waals surface area contributed by atoms with Crippen LogP contribution in [0.25, 0.3) is 0 Å². The monoisotopic (exact) mass is 126 g/mol. The van der Waals surface area contributed by atoms with Crippen LogP contribution in [0.15, 0.2) is 11.8 Å². The molecule has 50 valence electrons. The molecule has 0 aromatic carbocycles. The lowest BCUT2D eigenvalue weighted by atomic mass is 9.99. The first-order chi connectivity index (χ1) is 4.13. The second-order valence-corrected chi connectivity index (χ2v) is 2.56. The minimum atomic E-state index is -0.123. The van der Waals surface area contributed by atoms with Crippen LogP contribution in [-0.4, -0.2) is 10.9 Å². The van der Waals surface area contributed by atoms with Crippen molar-refractivity contribution in [1.29, 1.82) is 0 Å². The summed E-state index contributed by atoms with van der Waals surface area (Å²) in [4.78, 5) is 10.8. The topological polar surface area (TPSA) is 37.3 Å². The highest BCUT2D eigenvalue weighted by atomic mass is 16.3. The molecule has 0 aromatic heterocycles. The van der Waals surface area contributed by atoms with Gasteiger partial charge in [0.25, 0.3) is 0 Å². The Balaban J connectivity index is 2.82. The van der Waals surface area contributed by atoms with E-state index in [4.69, 9.17) is 5.11 Å². The number of ketones is 1. The van der Waals surface area contributed by atoms with E-state index in [0.29, 0.717) is 0 Å². The van der Waals surface area contributed by atoms with E-state index in [2.05, 4.69) is 0 Å². The number of allylic oxidation sites excluding steroid dienone is 2. The molecule has 0 bridgehead atoms. The summed E-state index contributed by atoms with van der Waals surface area (Å²) < 4.78 is 0. The first-order valence-electron chi connectivity index (χ1n) is 3.08. The van der Waals surface area contributed by atoms with E-state index in [0.717, 1.165) is 0 Å². The van der Waals surface area contributed by atoms with E-state index in [-0.39, 0.29) is 23.4 Å². The average molecular weight is 126 g/mol. The first-order valence-corrected chi connectivity index (χ1v) is 3.08. The molecule has 2 atom stereocenters. The predicted octanol–water partition coefficient (Wildman–Crippen LogP) is 1.28. The average Bonchev–Trinajstić information content (AvgIpc) is 1.98. The lowest BCUT2D eigenvalue weighted by Crippen LogP contribution is -2.10. The number of aliphatic hydroxyl groups excluding tert-OH is 1. The van der Waals surface area contributed by atoms with Crippen LogP contribution in [-0.2, 0) is 4.79 Å². The summed E-state index contributed by atoms with van der Waals surface area (Å²) in [5, 5.41) is 8.85. The summed E-state index contributed by atoms with van der Waals surface area (Å²) >= 11 is 0. The van der Waals surface area contributed by atoms with Crippen molar-refractivity contribution in [2.45, 2.75) is 13.8 Å². The smallest absolute Gasteiger partial charge is 0.200 e. The Labute approximate surface area is 54.2 Å². The Bertz CT molecular complexity index is 170. The summed E-state index contributed by atoms with van der Waals surface area (Å²) in [7, 11) is 0. The molecule has 0 heterocycles. The van der Waals surface area contributed by atoms with Gasteiger partial charge in [0.15, 0.2) is 11.5 Å². The van der Waals surface area contributed by atoms with E-state index < -0.39 is 0 Å². The van der Waals surface area contributed by atoms with Crippen molar-refractivity contribution in [3.63, 3.8) is 0 Å². The van der Waals surface area contributed by atoms with Crippen molar-refractivity contribution >= 4 is 5.78 Å². The molecular formula is C7H10O2. The van der Waals surface area contributed by atoms with Crippen molar-refractivity contribution in [3.05, 3.63) is 11.8 Å².